The van der Waals surface area contributed by atoms with Crippen molar-refractivity contribution in [3.8, 4) is 0 Å². The summed E-state index contributed by atoms with van der Waals surface area (Å²) in [4.78, 5) is 28.1. The Balaban J connectivity index is 1.59. The molecule has 8 nitrogen and oxygen atoms in total. The Hall–Kier alpha value is -2.74. The first kappa shape index (κ1) is 16.1. The molecule has 1 aliphatic heterocycles. The molecule has 1 aromatic carbocycles. The summed E-state index contributed by atoms with van der Waals surface area (Å²) in [6.07, 6.45) is 1.15. The van der Waals surface area contributed by atoms with Crippen LogP contribution >= 0.6 is 0 Å². The van der Waals surface area contributed by atoms with Crippen LogP contribution in [0.1, 0.15) is 34.9 Å². The lowest BCUT2D eigenvalue weighted by Crippen LogP contribution is -2.26. The summed E-state index contributed by atoms with van der Waals surface area (Å²) in [5.41, 5.74) is 0.834. The molecular formula is C16H17N3O5. The molecule has 1 saturated heterocycles. The molecule has 1 aromatic heterocycles. The predicted molar refractivity (Wildman–Crippen MR) is 82.2 cm³/mol. The molecular weight excluding hydrogens is 314 g/mol. The monoisotopic (exact) mass is 331 g/mol. The summed E-state index contributed by atoms with van der Waals surface area (Å²) >= 11 is 0. The second kappa shape index (κ2) is 7.22. The summed E-state index contributed by atoms with van der Waals surface area (Å²) in [5, 5.41) is 6.39. The number of hydrogen-bond acceptors (Lipinski definition) is 7. The van der Waals surface area contributed by atoms with E-state index in [-0.39, 0.29) is 12.5 Å². The molecule has 0 saturated carbocycles. The zero-order valence-electron chi connectivity index (χ0n) is 13.2. The van der Waals surface area contributed by atoms with Gasteiger partial charge in [0.2, 0.25) is 11.7 Å². The molecule has 8 heteroatoms. The van der Waals surface area contributed by atoms with Crippen LogP contribution < -0.4 is 5.32 Å². The van der Waals surface area contributed by atoms with Crippen LogP contribution in [-0.2, 0) is 20.9 Å². The average Bonchev–Trinajstić information content (AvgIpc) is 3.24. The van der Waals surface area contributed by atoms with Crippen LogP contribution in [-0.4, -0.2) is 34.7 Å². The van der Waals surface area contributed by atoms with Crippen molar-refractivity contribution in [2.45, 2.75) is 32.5 Å². The first-order chi connectivity index (χ1) is 11.6. The molecule has 0 unspecified atom stereocenters. The van der Waals surface area contributed by atoms with Gasteiger partial charge >= 0.3 is 5.97 Å². The number of nitrogens with one attached hydrogen (secondary N) is 1. The molecule has 1 atom stereocenters. The largest absolute Gasteiger partial charge is 0.454 e. The number of aryl methyl sites for hydroxylation is 1. The molecule has 1 aliphatic rings. The fourth-order valence-electron chi connectivity index (χ4n) is 2.34. The van der Waals surface area contributed by atoms with Gasteiger partial charge < -0.3 is 19.3 Å². The number of esters is 1. The van der Waals surface area contributed by atoms with Gasteiger partial charge in [0.1, 0.15) is 6.10 Å². The van der Waals surface area contributed by atoms with Crippen molar-refractivity contribution in [3.63, 3.8) is 0 Å². The topological polar surface area (TPSA) is 104 Å². The lowest BCUT2D eigenvalue weighted by atomic mass is 10.2. The lowest BCUT2D eigenvalue weighted by Gasteiger charge is -2.11. The number of nitrogens with zero attached hydrogens (tertiary/aromatic N) is 2. The van der Waals surface area contributed by atoms with Crippen molar-refractivity contribution in [2.75, 3.05) is 11.9 Å². The number of carbonyl (C=O) groups excluding carboxylic acids is 2. The lowest BCUT2D eigenvalue weighted by molar-refractivity contribution is -0.124. The van der Waals surface area contributed by atoms with Crippen LogP contribution in [0.3, 0.4) is 0 Å². The van der Waals surface area contributed by atoms with Gasteiger partial charge in [-0.25, -0.2) is 4.79 Å². The Morgan fingerprint density at radius 1 is 1.42 bits per heavy atom. The summed E-state index contributed by atoms with van der Waals surface area (Å²) in [7, 11) is 0. The zero-order chi connectivity index (χ0) is 16.9. The Labute approximate surface area is 138 Å². The van der Waals surface area contributed by atoms with Gasteiger partial charge in [-0.15, -0.1) is 0 Å². The maximum Gasteiger partial charge on any atom is 0.338 e. The second-order valence-corrected chi connectivity index (χ2v) is 5.38. The summed E-state index contributed by atoms with van der Waals surface area (Å²) < 4.78 is 15.3. The van der Waals surface area contributed by atoms with E-state index in [1.807, 2.05) is 0 Å². The number of benzene rings is 1. The number of amides is 1. The van der Waals surface area contributed by atoms with Gasteiger partial charge in [-0.2, -0.15) is 4.98 Å². The fraction of sp³-hybridized carbons (Fsp3) is 0.375. The highest BCUT2D eigenvalue weighted by molar-refractivity contribution is 5.96. The number of ether oxygens (including phenoxy) is 2. The fourth-order valence-corrected chi connectivity index (χ4v) is 2.34. The Morgan fingerprint density at radius 2 is 2.29 bits per heavy atom. The summed E-state index contributed by atoms with van der Waals surface area (Å²) in [6.45, 7) is 2.17. The molecule has 0 spiro atoms. The standard InChI is InChI=1S/C16H17N3O5/c1-10-17-14(19-24-10)9-23-16(21)11-4-2-5-12(8-11)18-15(20)13-6-3-7-22-13/h2,4-5,8,13H,3,6-7,9H2,1H3,(H,18,20)/t13-/m1/s1. The van der Waals surface area contributed by atoms with E-state index in [9.17, 15) is 9.59 Å². The summed E-state index contributed by atoms with van der Waals surface area (Å²) in [6, 6.07) is 6.52. The number of carbonyl (C=O) groups is 2. The van der Waals surface area contributed by atoms with E-state index >= 15 is 0 Å². The van der Waals surface area contributed by atoms with E-state index in [0.29, 0.717) is 36.0 Å². The molecule has 0 bridgehead atoms. The molecule has 0 radical (unpaired) electrons. The quantitative estimate of drug-likeness (QED) is 0.834. The van der Waals surface area contributed by atoms with Crippen molar-refractivity contribution in [1.29, 1.82) is 0 Å². The van der Waals surface area contributed by atoms with E-state index in [0.717, 1.165) is 6.42 Å². The second-order valence-electron chi connectivity index (χ2n) is 5.38. The number of hydrogen-bond donors (Lipinski definition) is 1. The van der Waals surface area contributed by atoms with Crippen LogP contribution in [0.4, 0.5) is 5.69 Å². The minimum atomic E-state index is -0.536. The minimum Gasteiger partial charge on any atom is -0.454 e. The van der Waals surface area contributed by atoms with Crippen LogP contribution in [0.15, 0.2) is 28.8 Å². The van der Waals surface area contributed by atoms with Crippen molar-refractivity contribution in [2.24, 2.45) is 0 Å². The van der Waals surface area contributed by atoms with E-state index in [1.165, 1.54) is 0 Å². The van der Waals surface area contributed by atoms with Crippen LogP contribution in [0.2, 0.25) is 0 Å². The van der Waals surface area contributed by atoms with Gasteiger partial charge in [-0.1, -0.05) is 11.2 Å². The van der Waals surface area contributed by atoms with E-state index in [2.05, 4.69) is 15.5 Å². The molecule has 3 rings (SSSR count). The molecule has 1 amide bonds. The average molecular weight is 331 g/mol. The Morgan fingerprint density at radius 3 is 3.00 bits per heavy atom. The van der Waals surface area contributed by atoms with Gasteiger partial charge in [-0.3, -0.25) is 4.79 Å². The van der Waals surface area contributed by atoms with E-state index in [1.54, 1.807) is 31.2 Å². The SMILES string of the molecule is Cc1nc(COC(=O)c2cccc(NC(=O)[C@H]3CCCO3)c2)no1. The highest BCUT2D eigenvalue weighted by Gasteiger charge is 2.23. The van der Waals surface area contributed by atoms with Gasteiger partial charge in [0.05, 0.1) is 5.56 Å². The minimum absolute atomic E-state index is 0.0807. The van der Waals surface area contributed by atoms with Gasteiger partial charge in [-0.05, 0) is 31.0 Å². The Kier molecular flexibility index (Phi) is 4.85. The van der Waals surface area contributed by atoms with Gasteiger partial charge in [0, 0.05) is 19.2 Å². The van der Waals surface area contributed by atoms with Gasteiger partial charge in [0.25, 0.3) is 5.91 Å². The van der Waals surface area contributed by atoms with Crippen molar-refractivity contribution in [3.05, 3.63) is 41.5 Å². The first-order valence-corrected chi connectivity index (χ1v) is 7.60. The van der Waals surface area contributed by atoms with Crippen LogP contribution in [0.5, 0.6) is 0 Å². The third kappa shape index (κ3) is 3.96. The third-order valence-electron chi connectivity index (χ3n) is 3.49. The molecule has 0 aliphatic carbocycles. The first-order valence-electron chi connectivity index (χ1n) is 7.60. The maximum atomic E-state index is 12.1. The van der Waals surface area contributed by atoms with Crippen LogP contribution in [0, 0.1) is 6.92 Å². The molecule has 2 heterocycles. The van der Waals surface area contributed by atoms with Crippen molar-refractivity contribution >= 4 is 17.6 Å². The van der Waals surface area contributed by atoms with Crippen molar-refractivity contribution < 1.29 is 23.6 Å². The number of anilines is 1. The molecule has 1 N–H and O–H groups in total. The van der Waals surface area contributed by atoms with Gasteiger partial charge in [0.15, 0.2) is 6.61 Å². The molecule has 2 aromatic rings. The highest BCUT2D eigenvalue weighted by atomic mass is 16.5. The third-order valence-corrected chi connectivity index (χ3v) is 3.49. The summed E-state index contributed by atoms with van der Waals surface area (Å²) in [5.74, 6) is -0.0467. The maximum absolute atomic E-state index is 12.1. The number of aromatic nitrogens is 2. The van der Waals surface area contributed by atoms with Crippen molar-refractivity contribution in [1.82, 2.24) is 10.1 Å². The molecule has 1 fully saturated rings. The smallest absolute Gasteiger partial charge is 0.338 e. The highest BCUT2D eigenvalue weighted by Crippen LogP contribution is 2.17. The normalized spacial score (nSPS) is 16.8. The number of rotatable bonds is 5. The van der Waals surface area contributed by atoms with E-state index in [4.69, 9.17) is 14.0 Å². The molecule has 24 heavy (non-hydrogen) atoms. The van der Waals surface area contributed by atoms with Crippen LogP contribution in [0.25, 0.3) is 0 Å². The Bertz CT molecular complexity index is 737. The predicted octanol–water partition coefficient (Wildman–Crippen LogP) is 1.85. The molecule has 126 valence electrons. The zero-order valence-corrected chi connectivity index (χ0v) is 13.2. The van der Waals surface area contributed by atoms with E-state index < -0.39 is 12.1 Å².